The lowest BCUT2D eigenvalue weighted by Gasteiger charge is -2.36. The largest absolute Gasteiger partial charge is 0.368 e. The third-order valence-corrected chi connectivity index (χ3v) is 4.28. The van der Waals surface area contributed by atoms with Gasteiger partial charge < -0.3 is 15.1 Å². The number of carbonyl (C=O) groups excluding carboxylic acids is 3. The lowest BCUT2D eigenvalue weighted by Crippen LogP contribution is -2.50. The average Bonchev–Trinajstić information content (AvgIpc) is 2.85. The third kappa shape index (κ3) is 3.56. The zero-order valence-electron chi connectivity index (χ0n) is 12.4. The molecule has 0 aliphatic carbocycles. The molecule has 0 saturated carbocycles. The van der Waals surface area contributed by atoms with Gasteiger partial charge >= 0.3 is 6.03 Å². The van der Waals surface area contributed by atoms with Crippen molar-refractivity contribution in [2.45, 2.75) is 12.5 Å². The van der Waals surface area contributed by atoms with E-state index in [9.17, 15) is 14.4 Å². The molecule has 2 saturated heterocycles. The predicted molar refractivity (Wildman–Crippen MR) is 85.3 cm³/mol. The quantitative estimate of drug-likeness (QED) is 0.791. The summed E-state index contributed by atoms with van der Waals surface area (Å²) in [7, 11) is 0. The Morgan fingerprint density at radius 1 is 1.22 bits per heavy atom. The summed E-state index contributed by atoms with van der Waals surface area (Å²) in [6.45, 7) is 2.56. The number of benzene rings is 1. The van der Waals surface area contributed by atoms with Gasteiger partial charge in [0.05, 0.1) is 6.42 Å². The highest BCUT2D eigenvalue weighted by atomic mass is 35.5. The van der Waals surface area contributed by atoms with Gasteiger partial charge in [-0.05, 0) is 18.2 Å². The highest BCUT2D eigenvalue weighted by Crippen LogP contribution is 2.21. The van der Waals surface area contributed by atoms with Crippen LogP contribution in [0.2, 0.25) is 5.02 Å². The minimum Gasteiger partial charge on any atom is -0.368 e. The number of amides is 4. The van der Waals surface area contributed by atoms with E-state index >= 15 is 0 Å². The first kappa shape index (κ1) is 15.6. The predicted octanol–water partition coefficient (Wildman–Crippen LogP) is 0.587. The summed E-state index contributed by atoms with van der Waals surface area (Å²) in [6.07, 6.45) is -0.00522. The number of piperazine rings is 1. The number of nitrogens with zero attached hydrogens (tertiary/aromatic N) is 2. The summed E-state index contributed by atoms with van der Waals surface area (Å²) in [6, 6.07) is 6.31. The van der Waals surface area contributed by atoms with Crippen LogP contribution in [0.25, 0.3) is 0 Å². The molecule has 3 rings (SSSR count). The maximum Gasteiger partial charge on any atom is 0.322 e. The van der Waals surface area contributed by atoms with E-state index in [-0.39, 0.29) is 12.3 Å². The smallest absolute Gasteiger partial charge is 0.322 e. The van der Waals surface area contributed by atoms with Crippen LogP contribution in [-0.4, -0.2) is 55.0 Å². The lowest BCUT2D eigenvalue weighted by molar-refractivity contribution is -0.134. The van der Waals surface area contributed by atoms with E-state index in [0.717, 1.165) is 5.69 Å². The lowest BCUT2D eigenvalue weighted by atomic mass is 10.1. The highest BCUT2D eigenvalue weighted by molar-refractivity contribution is 6.30. The van der Waals surface area contributed by atoms with E-state index in [4.69, 9.17) is 11.6 Å². The molecule has 4 amide bonds. The first-order chi connectivity index (χ1) is 11.0. The fourth-order valence-corrected chi connectivity index (χ4v) is 2.98. The first-order valence-electron chi connectivity index (χ1n) is 7.42. The van der Waals surface area contributed by atoms with Crippen LogP contribution in [0.5, 0.6) is 0 Å². The van der Waals surface area contributed by atoms with Crippen LogP contribution in [0.15, 0.2) is 24.3 Å². The molecule has 2 aliphatic heterocycles. The van der Waals surface area contributed by atoms with Crippen molar-refractivity contribution < 1.29 is 14.4 Å². The number of nitrogens with one attached hydrogen (secondary N) is 2. The molecule has 2 fully saturated rings. The Balaban J connectivity index is 1.53. The second-order valence-corrected chi connectivity index (χ2v) is 6.00. The van der Waals surface area contributed by atoms with E-state index in [2.05, 4.69) is 15.5 Å². The highest BCUT2D eigenvalue weighted by Gasteiger charge is 2.33. The van der Waals surface area contributed by atoms with Crippen molar-refractivity contribution in [3.63, 3.8) is 0 Å². The van der Waals surface area contributed by atoms with Gasteiger partial charge in [-0.1, -0.05) is 17.7 Å². The first-order valence-corrected chi connectivity index (χ1v) is 7.80. The standard InChI is InChI=1S/C15H17ClN4O3/c16-10-2-1-3-11(8-10)19-4-6-20(7-5-19)13(21)9-12-14(22)18-15(23)17-12/h1-3,8,12H,4-7,9H2,(H2,17,18,22,23)/t12-/m1/s1. The molecule has 2 heterocycles. The van der Waals surface area contributed by atoms with Crippen LogP contribution in [0.1, 0.15) is 6.42 Å². The number of imide groups is 1. The summed E-state index contributed by atoms with van der Waals surface area (Å²) < 4.78 is 0. The maximum absolute atomic E-state index is 12.3. The zero-order chi connectivity index (χ0) is 16.4. The van der Waals surface area contributed by atoms with Crippen molar-refractivity contribution in [1.82, 2.24) is 15.5 Å². The number of hydrogen-bond acceptors (Lipinski definition) is 4. The van der Waals surface area contributed by atoms with E-state index in [1.165, 1.54) is 0 Å². The normalized spacial score (nSPS) is 21.2. The minimum absolute atomic E-state index is 0.00522. The van der Waals surface area contributed by atoms with E-state index in [0.29, 0.717) is 31.2 Å². The minimum atomic E-state index is -0.763. The summed E-state index contributed by atoms with van der Waals surface area (Å²) in [5.74, 6) is -0.570. The van der Waals surface area contributed by atoms with Crippen molar-refractivity contribution in [2.75, 3.05) is 31.1 Å². The Morgan fingerprint density at radius 2 is 1.96 bits per heavy atom. The van der Waals surface area contributed by atoms with Crippen LogP contribution < -0.4 is 15.5 Å². The molecular formula is C15H17ClN4O3. The van der Waals surface area contributed by atoms with E-state index in [1.54, 1.807) is 4.90 Å². The maximum atomic E-state index is 12.3. The summed E-state index contributed by atoms with van der Waals surface area (Å²) in [5, 5.41) is 5.26. The van der Waals surface area contributed by atoms with Gasteiger partial charge in [-0.2, -0.15) is 0 Å². The van der Waals surface area contributed by atoms with Crippen LogP contribution >= 0.6 is 11.6 Å². The molecule has 8 heteroatoms. The number of hydrogen-bond donors (Lipinski definition) is 2. The molecule has 0 aromatic heterocycles. The van der Waals surface area contributed by atoms with Gasteiger partial charge in [0.2, 0.25) is 5.91 Å². The third-order valence-electron chi connectivity index (χ3n) is 4.04. The van der Waals surface area contributed by atoms with Gasteiger partial charge in [-0.15, -0.1) is 0 Å². The molecule has 0 radical (unpaired) electrons. The van der Waals surface area contributed by atoms with Crippen LogP contribution in [0, 0.1) is 0 Å². The van der Waals surface area contributed by atoms with Crippen molar-refractivity contribution in [2.24, 2.45) is 0 Å². The number of urea groups is 1. The fraction of sp³-hybridized carbons (Fsp3) is 0.400. The Labute approximate surface area is 138 Å². The molecule has 2 N–H and O–H groups in total. The summed E-state index contributed by atoms with van der Waals surface area (Å²) in [5.41, 5.74) is 1.03. The molecule has 2 aliphatic rings. The van der Waals surface area contributed by atoms with Gasteiger partial charge in [0.15, 0.2) is 0 Å². The molecule has 1 aromatic carbocycles. The van der Waals surface area contributed by atoms with Crippen molar-refractivity contribution in [1.29, 1.82) is 0 Å². The molecule has 7 nitrogen and oxygen atoms in total. The molecule has 0 bridgehead atoms. The second-order valence-electron chi connectivity index (χ2n) is 5.57. The number of halogens is 1. The second kappa shape index (κ2) is 6.45. The molecule has 122 valence electrons. The Kier molecular flexibility index (Phi) is 4.38. The Bertz CT molecular complexity index is 643. The van der Waals surface area contributed by atoms with Gasteiger partial charge in [-0.25, -0.2) is 4.79 Å². The van der Waals surface area contributed by atoms with Crippen LogP contribution in [0.4, 0.5) is 10.5 Å². The zero-order valence-corrected chi connectivity index (χ0v) is 13.2. The monoisotopic (exact) mass is 336 g/mol. The van der Waals surface area contributed by atoms with Gasteiger partial charge in [0.1, 0.15) is 6.04 Å². The number of rotatable bonds is 3. The van der Waals surface area contributed by atoms with Crippen LogP contribution in [-0.2, 0) is 9.59 Å². The molecule has 0 unspecified atom stereocenters. The van der Waals surface area contributed by atoms with Crippen LogP contribution in [0.3, 0.4) is 0 Å². The van der Waals surface area contributed by atoms with Gasteiger partial charge in [0.25, 0.3) is 5.91 Å². The number of anilines is 1. The number of carbonyl (C=O) groups is 3. The Morgan fingerprint density at radius 3 is 2.57 bits per heavy atom. The molecule has 1 aromatic rings. The van der Waals surface area contributed by atoms with Crippen molar-refractivity contribution in [3.8, 4) is 0 Å². The molecule has 0 spiro atoms. The Hall–Kier alpha value is -2.28. The topological polar surface area (TPSA) is 81.8 Å². The summed E-state index contributed by atoms with van der Waals surface area (Å²) >= 11 is 6.00. The van der Waals surface area contributed by atoms with Gasteiger partial charge in [0, 0.05) is 36.9 Å². The fourth-order valence-electron chi connectivity index (χ4n) is 2.79. The van der Waals surface area contributed by atoms with Crippen molar-refractivity contribution in [3.05, 3.63) is 29.3 Å². The van der Waals surface area contributed by atoms with E-state index < -0.39 is 18.0 Å². The average molecular weight is 337 g/mol. The SMILES string of the molecule is O=C1NC(=O)[C@@H](CC(=O)N2CCN(c3cccc(Cl)c3)CC2)N1. The van der Waals surface area contributed by atoms with E-state index in [1.807, 2.05) is 24.3 Å². The summed E-state index contributed by atoms with van der Waals surface area (Å²) in [4.78, 5) is 38.7. The van der Waals surface area contributed by atoms with Gasteiger partial charge in [-0.3, -0.25) is 14.9 Å². The molecule has 1 atom stereocenters. The molecule has 23 heavy (non-hydrogen) atoms. The van der Waals surface area contributed by atoms with Crippen molar-refractivity contribution >= 4 is 35.1 Å². The molecular weight excluding hydrogens is 320 g/mol.